The Morgan fingerprint density at radius 2 is 0.962 bits per heavy atom. The van der Waals surface area contributed by atoms with Crippen molar-refractivity contribution in [3.8, 4) is 0 Å². The highest BCUT2D eigenvalue weighted by molar-refractivity contribution is 5.85. The van der Waals surface area contributed by atoms with E-state index in [4.69, 9.17) is 5.73 Å². The van der Waals surface area contributed by atoms with E-state index in [-0.39, 0.29) is 12.4 Å². The van der Waals surface area contributed by atoms with E-state index in [2.05, 4.69) is 37.7 Å². The fourth-order valence-corrected chi connectivity index (χ4v) is 2.90. The molecule has 0 unspecified atom stereocenters. The summed E-state index contributed by atoms with van der Waals surface area (Å²) in [6.07, 6.45) is 23.7. The summed E-state index contributed by atoms with van der Waals surface area (Å²) < 4.78 is 2.20. The van der Waals surface area contributed by atoms with Crippen molar-refractivity contribution in [2.45, 2.75) is 117 Å². The molecule has 1 heterocycles. The standard InChI is InChI=1S/C13H22N2.C10H22.ClH/c1-2-3-4-5-6-7-10-15-11-8-13(14)9-12-15;1-3-5-7-9-10-8-6-4-2;/h8-9,11-12,14H,2-7,10H2,1H3;3-10H2,1-2H3;1H/p+1. The first-order valence-corrected chi connectivity index (χ1v) is 11.0. The maximum Gasteiger partial charge on any atom is 0.170 e. The second kappa shape index (κ2) is 22.3. The van der Waals surface area contributed by atoms with Gasteiger partial charge in [0.2, 0.25) is 0 Å². The number of aromatic nitrogens is 1. The molecule has 1 rings (SSSR count). The molecule has 0 amide bonds. The minimum absolute atomic E-state index is 0. The zero-order valence-corrected chi connectivity index (χ0v) is 18.7. The van der Waals surface area contributed by atoms with Crippen LogP contribution in [0.4, 0.5) is 5.69 Å². The summed E-state index contributed by atoms with van der Waals surface area (Å²) in [4.78, 5) is 0. The smallest absolute Gasteiger partial charge is 0.170 e. The largest absolute Gasteiger partial charge is 0.398 e. The predicted octanol–water partition coefficient (Wildman–Crippen LogP) is 7.49. The first kappa shape index (κ1) is 27.5. The number of anilines is 1. The Hall–Kier alpha value is -0.760. The Morgan fingerprint density at radius 3 is 1.35 bits per heavy atom. The molecule has 0 aromatic carbocycles. The van der Waals surface area contributed by atoms with E-state index in [1.807, 2.05) is 12.1 Å². The molecule has 0 aliphatic rings. The summed E-state index contributed by atoms with van der Waals surface area (Å²) in [5.41, 5.74) is 6.46. The van der Waals surface area contributed by atoms with E-state index in [9.17, 15) is 0 Å². The van der Waals surface area contributed by atoms with Gasteiger partial charge >= 0.3 is 0 Å². The zero-order chi connectivity index (χ0) is 18.6. The van der Waals surface area contributed by atoms with Crippen LogP contribution in [0.5, 0.6) is 0 Å². The van der Waals surface area contributed by atoms with Crippen LogP contribution in [0.3, 0.4) is 0 Å². The second-order valence-electron chi connectivity index (χ2n) is 7.26. The van der Waals surface area contributed by atoms with Gasteiger partial charge in [0.25, 0.3) is 0 Å². The SMILES string of the molecule is CCCCCCCCCC.CCCCCCCC[n+]1ccc(N)cc1.Cl. The van der Waals surface area contributed by atoms with Crippen LogP contribution in [0.1, 0.15) is 111 Å². The zero-order valence-electron chi connectivity index (χ0n) is 17.8. The van der Waals surface area contributed by atoms with Gasteiger partial charge in [-0.25, -0.2) is 4.57 Å². The van der Waals surface area contributed by atoms with Gasteiger partial charge in [0, 0.05) is 24.2 Å². The van der Waals surface area contributed by atoms with Crippen LogP contribution in [0.25, 0.3) is 0 Å². The fraction of sp³-hybridized carbons (Fsp3) is 0.783. The molecule has 0 bridgehead atoms. The molecule has 0 aliphatic heterocycles. The lowest BCUT2D eigenvalue weighted by Crippen LogP contribution is -2.32. The summed E-state index contributed by atoms with van der Waals surface area (Å²) in [6.45, 7) is 7.91. The van der Waals surface area contributed by atoms with Gasteiger partial charge in [-0.2, -0.15) is 0 Å². The minimum Gasteiger partial charge on any atom is -0.398 e. The topological polar surface area (TPSA) is 29.9 Å². The van der Waals surface area contributed by atoms with Crippen LogP contribution in [-0.2, 0) is 6.54 Å². The first-order valence-electron chi connectivity index (χ1n) is 11.0. The number of unbranched alkanes of at least 4 members (excludes halogenated alkanes) is 12. The molecule has 1 aromatic rings. The van der Waals surface area contributed by atoms with Gasteiger partial charge in [-0.15, -0.1) is 12.4 Å². The van der Waals surface area contributed by atoms with E-state index < -0.39 is 0 Å². The van der Waals surface area contributed by atoms with Gasteiger partial charge in [0.15, 0.2) is 12.4 Å². The van der Waals surface area contributed by atoms with Crippen LogP contribution < -0.4 is 10.3 Å². The maximum absolute atomic E-state index is 5.62. The van der Waals surface area contributed by atoms with Crippen LogP contribution in [0.15, 0.2) is 24.5 Å². The van der Waals surface area contributed by atoms with E-state index in [0.29, 0.717) is 0 Å². The number of hydrogen-bond acceptors (Lipinski definition) is 1. The molecule has 2 nitrogen and oxygen atoms in total. The Bertz CT molecular complexity index is 357. The maximum atomic E-state index is 5.62. The van der Waals surface area contributed by atoms with Gasteiger partial charge in [-0.1, -0.05) is 97.8 Å². The third kappa shape index (κ3) is 19.6. The molecule has 0 atom stereocenters. The van der Waals surface area contributed by atoms with Crippen molar-refractivity contribution in [3.63, 3.8) is 0 Å². The minimum atomic E-state index is 0. The molecular weight excluding hydrogens is 340 g/mol. The number of hydrogen-bond donors (Lipinski definition) is 1. The lowest BCUT2D eigenvalue weighted by atomic mass is 10.1. The van der Waals surface area contributed by atoms with Crippen molar-refractivity contribution >= 4 is 18.1 Å². The Morgan fingerprint density at radius 1 is 0.615 bits per heavy atom. The summed E-state index contributed by atoms with van der Waals surface area (Å²) in [5.74, 6) is 0. The lowest BCUT2D eigenvalue weighted by Gasteiger charge is -1.99. The summed E-state index contributed by atoms with van der Waals surface area (Å²) in [5, 5.41) is 0. The van der Waals surface area contributed by atoms with Gasteiger partial charge in [0.1, 0.15) is 6.54 Å². The van der Waals surface area contributed by atoms with Crippen molar-refractivity contribution < 1.29 is 4.57 Å². The predicted molar refractivity (Wildman–Crippen MR) is 120 cm³/mol. The van der Waals surface area contributed by atoms with Crippen molar-refractivity contribution in [2.24, 2.45) is 0 Å². The van der Waals surface area contributed by atoms with E-state index in [1.54, 1.807) is 0 Å². The van der Waals surface area contributed by atoms with Crippen molar-refractivity contribution in [1.29, 1.82) is 0 Å². The molecule has 26 heavy (non-hydrogen) atoms. The highest BCUT2D eigenvalue weighted by Gasteiger charge is 1.98. The average molecular weight is 386 g/mol. The van der Waals surface area contributed by atoms with Crippen molar-refractivity contribution in [2.75, 3.05) is 5.73 Å². The van der Waals surface area contributed by atoms with Crippen LogP contribution in [0.2, 0.25) is 0 Å². The number of nitrogen functional groups attached to an aromatic ring is 1. The molecule has 0 radical (unpaired) electrons. The summed E-state index contributed by atoms with van der Waals surface area (Å²) in [7, 11) is 0. The normalized spacial score (nSPS) is 9.96. The Balaban J connectivity index is 0. The molecule has 0 spiro atoms. The molecule has 3 heteroatoms. The number of nitrogens with two attached hydrogens (primary N) is 1. The molecule has 154 valence electrons. The van der Waals surface area contributed by atoms with Gasteiger partial charge in [-0.3, -0.25) is 0 Å². The fourth-order valence-electron chi connectivity index (χ4n) is 2.90. The van der Waals surface area contributed by atoms with Crippen LogP contribution in [-0.4, -0.2) is 0 Å². The number of rotatable bonds is 14. The van der Waals surface area contributed by atoms with Crippen molar-refractivity contribution in [1.82, 2.24) is 0 Å². The molecular formula is C23H46ClN2+. The van der Waals surface area contributed by atoms with Gasteiger partial charge < -0.3 is 5.73 Å². The van der Waals surface area contributed by atoms with Gasteiger partial charge in [0.05, 0.1) is 0 Å². The molecule has 0 saturated heterocycles. The summed E-state index contributed by atoms with van der Waals surface area (Å²) >= 11 is 0. The van der Waals surface area contributed by atoms with E-state index >= 15 is 0 Å². The van der Waals surface area contributed by atoms with Crippen molar-refractivity contribution in [3.05, 3.63) is 24.5 Å². The van der Waals surface area contributed by atoms with Gasteiger partial charge in [-0.05, 0) is 6.42 Å². The third-order valence-electron chi connectivity index (χ3n) is 4.64. The van der Waals surface area contributed by atoms with E-state index in [0.717, 1.165) is 12.2 Å². The van der Waals surface area contributed by atoms with Crippen LogP contribution in [0, 0.1) is 0 Å². The number of nitrogens with zero attached hydrogens (tertiary/aromatic N) is 1. The monoisotopic (exact) mass is 385 g/mol. The van der Waals surface area contributed by atoms with Crippen LogP contribution >= 0.6 is 12.4 Å². The molecule has 2 N–H and O–H groups in total. The average Bonchev–Trinajstić information content (AvgIpc) is 2.63. The Labute approximate surface area is 170 Å². The summed E-state index contributed by atoms with van der Waals surface area (Å²) in [6, 6.07) is 3.91. The molecule has 1 aromatic heterocycles. The quantitative estimate of drug-likeness (QED) is 0.261. The highest BCUT2D eigenvalue weighted by atomic mass is 35.5. The van der Waals surface area contributed by atoms with E-state index in [1.165, 1.54) is 89.9 Å². The Kier molecular flexibility index (Phi) is 23.5. The molecule has 0 aliphatic carbocycles. The molecule has 0 fully saturated rings. The molecule has 0 saturated carbocycles. The number of halogens is 1. The lowest BCUT2D eigenvalue weighted by molar-refractivity contribution is -0.697. The first-order chi connectivity index (χ1) is 12.2. The number of aryl methyl sites for hydroxylation is 1. The highest BCUT2D eigenvalue weighted by Crippen LogP contribution is 2.07. The number of pyridine rings is 1. The second-order valence-corrected chi connectivity index (χ2v) is 7.26. The third-order valence-corrected chi connectivity index (χ3v) is 4.64.